The summed E-state index contributed by atoms with van der Waals surface area (Å²) in [6.07, 6.45) is 0.303. The standard InChI is InChI=1S/C12H18N2O2/c1-2-11(15)8-13-9-12(16)14-10-6-4-3-5-7-10/h3-7,11,13,15H,2,8-9H2,1H3,(H,14,16). The Morgan fingerprint density at radius 3 is 2.69 bits per heavy atom. The molecule has 0 heterocycles. The zero-order valence-corrected chi connectivity index (χ0v) is 9.44. The molecule has 16 heavy (non-hydrogen) atoms. The summed E-state index contributed by atoms with van der Waals surface area (Å²) in [5, 5.41) is 14.9. The van der Waals surface area contributed by atoms with E-state index in [-0.39, 0.29) is 18.6 Å². The van der Waals surface area contributed by atoms with Gasteiger partial charge in [0.2, 0.25) is 5.91 Å². The van der Waals surface area contributed by atoms with Gasteiger partial charge in [0, 0.05) is 12.2 Å². The van der Waals surface area contributed by atoms with Gasteiger partial charge in [-0.15, -0.1) is 0 Å². The number of benzene rings is 1. The Morgan fingerprint density at radius 1 is 1.38 bits per heavy atom. The number of para-hydroxylation sites is 1. The maximum absolute atomic E-state index is 11.4. The number of carbonyl (C=O) groups is 1. The Morgan fingerprint density at radius 2 is 2.06 bits per heavy atom. The lowest BCUT2D eigenvalue weighted by atomic mass is 10.3. The third kappa shape index (κ3) is 4.91. The Labute approximate surface area is 95.7 Å². The van der Waals surface area contributed by atoms with Gasteiger partial charge in [0.25, 0.3) is 0 Å². The van der Waals surface area contributed by atoms with E-state index in [1.165, 1.54) is 0 Å². The van der Waals surface area contributed by atoms with Crippen molar-refractivity contribution in [1.82, 2.24) is 5.32 Å². The molecule has 1 aromatic rings. The summed E-state index contributed by atoms with van der Waals surface area (Å²) >= 11 is 0. The number of nitrogens with one attached hydrogen (secondary N) is 2. The molecule has 1 rings (SSSR count). The van der Waals surface area contributed by atoms with Gasteiger partial charge in [-0.3, -0.25) is 4.79 Å². The molecule has 0 aliphatic heterocycles. The molecule has 0 saturated heterocycles. The highest BCUT2D eigenvalue weighted by molar-refractivity contribution is 5.92. The van der Waals surface area contributed by atoms with Crippen molar-refractivity contribution in [3.05, 3.63) is 30.3 Å². The first-order valence-corrected chi connectivity index (χ1v) is 5.46. The summed E-state index contributed by atoms with van der Waals surface area (Å²) in [7, 11) is 0. The third-order valence-electron chi connectivity index (χ3n) is 2.19. The second kappa shape index (κ2) is 6.98. The van der Waals surface area contributed by atoms with Crippen LogP contribution in [-0.2, 0) is 4.79 Å². The minimum absolute atomic E-state index is 0.102. The summed E-state index contributed by atoms with van der Waals surface area (Å²) in [6, 6.07) is 9.29. The molecule has 0 bridgehead atoms. The summed E-state index contributed by atoms with van der Waals surface area (Å²) in [5.41, 5.74) is 0.783. The first kappa shape index (κ1) is 12.7. The highest BCUT2D eigenvalue weighted by Crippen LogP contribution is 2.03. The van der Waals surface area contributed by atoms with Crippen molar-refractivity contribution in [2.45, 2.75) is 19.4 Å². The van der Waals surface area contributed by atoms with Gasteiger partial charge in [0.05, 0.1) is 12.6 Å². The second-order valence-electron chi connectivity index (χ2n) is 3.61. The van der Waals surface area contributed by atoms with Crippen LogP contribution in [0.1, 0.15) is 13.3 Å². The number of rotatable bonds is 6. The molecule has 0 radical (unpaired) electrons. The molecule has 1 unspecified atom stereocenters. The fraction of sp³-hybridized carbons (Fsp3) is 0.417. The van der Waals surface area contributed by atoms with Crippen molar-refractivity contribution in [3.63, 3.8) is 0 Å². The minimum atomic E-state index is -0.385. The lowest BCUT2D eigenvalue weighted by molar-refractivity contribution is -0.115. The molecular formula is C12H18N2O2. The fourth-order valence-corrected chi connectivity index (χ4v) is 1.22. The molecule has 1 atom stereocenters. The van der Waals surface area contributed by atoms with E-state index in [4.69, 9.17) is 0 Å². The lowest BCUT2D eigenvalue weighted by Crippen LogP contribution is -2.33. The van der Waals surface area contributed by atoms with Crippen LogP contribution in [0.5, 0.6) is 0 Å². The first-order chi connectivity index (χ1) is 7.72. The smallest absolute Gasteiger partial charge is 0.238 e. The molecule has 0 aliphatic rings. The summed E-state index contributed by atoms with van der Waals surface area (Å²) in [4.78, 5) is 11.4. The number of hydrogen-bond acceptors (Lipinski definition) is 3. The number of anilines is 1. The number of carbonyl (C=O) groups excluding carboxylic acids is 1. The maximum atomic E-state index is 11.4. The third-order valence-corrected chi connectivity index (χ3v) is 2.19. The van der Waals surface area contributed by atoms with Crippen LogP contribution in [0.2, 0.25) is 0 Å². The molecule has 0 aromatic heterocycles. The number of aliphatic hydroxyl groups is 1. The maximum Gasteiger partial charge on any atom is 0.238 e. The average molecular weight is 222 g/mol. The summed E-state index contributed by atoms with van der Waals surface area (Å²) in [5.74, 6) is -0.102. The van der Waals surface area contributed by atoms with Gasteiger partial charge in [-0.25, -0.2) is 0 Å². The minimum Gasteiger partial charge on any atom is -0.392 e. The van der Waals surface area contributed by atoms with Gasteiger partial charge in [0.1, 0.15) is 0 Å². The largest absolute Gasteiger partial charge is 0.392 e. The predicted molar refractivity (Wildman–Crippen MR) is 64.2 cm³/mol. The van der Waals surface area contributed by atoms with Crippen molar-refractivity contribution >= 4 is 11.6 Å². The van der Waals surface area contributed by atoms with E-state index in [1.54, 1.807) is 0 Å². The number of hydrogen-bond donors (Lipinski definition) is 3. The van der Waals surface area contributed by atoms with Crippen molar-refractivity contribution in [3.8, 4) is 0 Å². The van der Waals surface area contributed by atoms with E-state index in [1.807, 2.05) is 37.3 Å². The van der Waals surface area contributed by atoms with Crippen molar-refractivity contribution < 1.29 is 9.90 Å². The fourth-order valence-electron chi connectivity index (χ4n) is 1.22. The molecule has 1 amide bonds. The Bertz CT molecular complexity index is 314. The van der Waals surface area contributed by atoms with Crippen LogP contribution in [0.3, 0.4) is 0 Å². The molecule has 0 fully saturated rings. The van der Waals surface area contributed by atoms with Crippen LogP contribution < -0.4 is 10.6 Å². The molecule has 0 saturated carbocycles. The molecule has 0 spiro atoms. The first-order valence-electron chi connectivity index (χ1n) is 5.46. The Balaban J connectivity index is 2.21. The topological polar surface area (TPSA) is 61.4 Å². The summed E-state index contributed by atoms with van der Waals surface area (Å²) < 4.78 is 0. The van der Waals surface area contributed by atoms with Crippen LogP contribution in [-0.4, -0.2) is 30.2 Å². The van der Waals surface area contributed by atoms with Crippen LogP contribution in [0.4, 0.5) is 5.69 Å². The Hall–Kier alpha value is -1.39. The molecule has 1 aromatic carbocycles. The van der Waals surface area contributed by atoms with E-state index in [2.05, 4.69) is 10.6 Å². The zero-order chi connectivity index (χ0) is 11.8. The van der Waals surface area contributed by atoms with E-state index < -0.39 is 0 Å². The molecular weight excluding hydrogens is 204 g/mol. The van der Waals surface area contributed by atoms with Crippen molar-refractivity contribution in [2.24, 2.45) is 0 Å². The van der Waals surface area contributed by atoms with Crippen molar-refractivity contribution in [2.75, 3.05) is 18.4 Å². The van der Waals surface area contributed by atoms with E-state index >= 15 is 0 Å². The van der Waals surface area contributed by atoms with E-state index in [0.717, 1.165) is 5.69 Å². The van der Waals surface area contributed by atoms with E-state index in [9.17, 15) is 9.90 Å². The van der Waals surface area contributed by atoms with Gasteiger partial charge in [-0.2, -0.15) is 0 Å². The molecule has 3 N–H and O–H groups in total. The summed E-state index contributed by atoms with van der Waals surface area (Å²) in [6.45, 7) is 2.56. The van der Waals surface area contributed by atoms with Crippen LogP contribution >= 0.6 is 0 Å². The van der Waals surface area contributed by atoms with Crippen LogP contribution in [0.15, 0.2) is 30.3 Å². The van der Waals surface area contributed by atoms with Crippen LogP contribution in [0, 0.1) is 0 Å². The van der Waals surface area contributed by atoms with Crippen LogP contribution in [0.25, 0.3) is 0 Å². The number of amides is 1. The van der Waals surface area contributed by atoms with Crippen molar-refractivity contribution in [1.29, 1.82) is 0 Å². The molecule has 4 nitrogen and oxygen atoms in total. The quantitative estimate of drug-likeness (QED) is 0.672. The van der Waals surface area contributed by atoms with Gasteiger partial charge >= 0.3 is 0 Å². The molecule has 0 aliphatic carbocycles. The Kier molecular flexibility index (Phi) is 5.53. The predicted octanol–water partition coefficient (Wildman–Crippen LogP) is 0.986. The normalized spacial score (nSPS) is 12.1. The van der Waals surface area contributed by atoms with Gasteiger partial charge < -0.3 is 15.7 Å². The monoisotopic (exact) mass is 222 g/mol. The van der Waals surface area contributed by atoms with Gasteiger partial charge in [-0.1, -0.05) is 25.1 Å². The highest BCUT2D eigenvalue weighted by Gasteiger charge is 2.03. The molecule has 4 heteroatoms. The molecule has 88 valence electrons. The zero-order valence-electron chi connectivity index (χ0n) is 9.44. The SMILES string of the molecule is CCC(O)CNCC(=O)Nc1ccccc1. The van der Waals surface area contributed by atoms with Gasteiger partial charge in [0.15, 0.2) is 0 Å². The lowest BCUT2D eigenvalue weighted by Gasteiger charge is -2.09. The van der Waals surface area contributed by atoms with E-state index in [0.29, 0.717) is 13.0 Å². The second-order valence-corrected chi connectivity index (χ2v) is 3.61. The highest BCUT2D eigenvalue weighted by atomic mass is 16.3. The average Bonchev–Trinajstić information content (AvgIpc) is 2.30. The van der Waals surface area contributed by atoms with Gasteiger partial charge in [-0.05, 0) is 18.6 Å². The number of aliphatic hydroxyl groups excluding tert-OH is 1.